The normalized spacial score (nSPS) is 17.8. The van der Waals surface area contributed by atoms with Crippen molar-refractivity contribution in [3.8, 4) is 0 Å². The van der Waals surface area contributed by atoms with E-state index in [1.807, 2.05) is 49.4 Å². The largest absolute Gasteiger partial charge is 0.348 e. The third-order valence-corrected chi connectivity index (χ3v) is 5.14. The molecule has 5 nitrogen and oxygen atoms in total. The molecular weight excluding hydrogens is 382 g/mol. The van der Waals surface area contributed by atoms with Gasteiger partial charge in [-0.3, -0.25) is 14.5 Å². The molecule has 0 saturated heterocycles. The van der Waals surface area contributed by atoms with Gasteiger partial charge >= 0.3 is 0 Å². The van der Waals surface area contributed by atoms with E-state index in [4.69, 9.17) is 12.2 Å². The van der Waals surface area contributed by atoms with E-state index in [-0.39, 0.29) is 16.9 Å². The summed E-state index contributed by atoms with van der Waals surface area (Å²) in [5.74, 6) is -0.744. The highest BCUT2D eigenvalue weighted by molar-refractivity contribution is 7.80. The fourth-order valence-corrected chi connectivity index (χ4v) is 3.53. The molecule has 6 heteroatoms. The molecule has 0 radical (unpaired) electrons. The number of aryl methyl sites for hydroxylation is 1. The molecule has 0 spiro atoms. The van der Waals surface area contributed by atoms with Gasteiger partial charge in [0.2, 0.25) is 11.0 Å². The summed E-state index contributed by atoms with van der Waals surface area (Å²) in [7, 11) is 0. The van der Waals surface area contributed by atoms with Crippen molar-refractivity contribution in [2.24, 2.45) is 10.9 Å². The van der Waals surface area contributed by atoms with Crippen LogP contribution in [-0.2, 0) is 11.3 Å². The lowest BCUT2D eigenvalue weighted by Gasteiger charge is -2.30. The van der Waals surface area contributed by atoms with Gasteiger partial charge in [-0.15, -0.1) is 0 Å². The summed E-state index contributed by atoms with van der Waals surface area (Å²) < 4.78 is 0. The minimum atomic E-state index is -0.427. The van der Waals surface area contributed by atoms with Gasteiger partial charge in [0.1, 0.15) is 0 Å². The van der Waals surface area contributed by atoms with Crippen LogP contribution in [0, 0.1) is 12.8 Å². The minimum absolute atomic E-state index is 0.142. The molecule has 0 aromatic heterocycles. The van der Waals surface area contributed by atoms with E-state index in [1.54, 1.807) is 30.3 Å². The van der Waals surface area contributed by atoms with Crippen LogP contribution < -0.4 is 10.2 Å². The van der Waals surface area contributed by atoms with Crippen molar-refractivity contribution in [2.45, 2.75) is 13.5 Å². The summed E-state index contributed by atoms with van der Waals surface area (Å²) in [6.07, 6.45) is 7.27. The number of fused-ring (bicyclic) bond motifs is 1. The fourth-order valence-electron chi connectivity index (χ4n) is 3.23. The summed E-state index contributed by atoms with van der Waals surface area (Å²) in [5, 5.41) is 3.11. The van der Waals surface area contributed by atoms with Gasteiger partial charge in [0.05, 0.1) is 17.3 Å². The number of hydrogen-bond acceptors (Lipinski definition) is 3. The molecule has 2 aromatic rings. The zero-order valence-electron chi connectivity index (χ0n) is 15.8. The maximum absolute atomic E-state index is 12.9. The second-order valence-corrected chi connectivity index (χ2v) is 7.29. The van der Waals surface area contributed by atoms with Gasteiger partial charge in [-0.25, -0.2) is 4.99 Å². The van der Waals surface area contributed by atoms with Crippen LogP contribution in [0.3, 0.4) is 0 Å². The zero-order valence-corrected chi connectivity index (χ0v) is 16.6. The highest BCUT2D eigenvalue weighted by Crippen LogP contribution is 2.25. The standard InChI is InChI=1S/C23H19N3O2S/c1-15-6-8-16(9-7-15)14-24-21(27)17-10-12-18(13-11-17)26-22(28)19-4-2-3-5-20(19)25-23(26)29/h2-13,19H,14H2,1H3,(H,24,27). The molecule has 2 aliphatic rings. The van der Waals surface area contributed by atoms with Gasteiger partial charge in [-0.1, -0.05) is 48.1 Å². The van der Waals surface area contributed by atoms with E-state index in [9.17, 15) is 9.59 Å². The number of amides is 2. The Morgan fingerprint density at radius 2 is 1.83 bits per heavy atom. The molecule has 0 fully saturated rings. The van der Waals surface area contributed by atoms with Crippen molar-refractivity contribution in [1.29, 1.82) is 0 Å². The van der Waals surface area contributed by atoms with Crippen molar-refractivity contribution in [1.82, 2.24) is 5.32 Å². The van der Waals surface area contributed by atoms with Crippen molar-refractivity contribution in [3.05, 3.63) is 89.5 Å². The number of benzene rings is 2. The maximum atomic E-state index is 12.9. The zero-order chi connectivity index (χ0) is 20.4. The number of carbonyl (C=O) groups excluding carboxylic acids is 2. The van der Waals surface area contributed by atoms with E-state index >= 15 is 0 Å². The number of nitrogens with one attached hydrogen (secondary N) is 1. The monoisotopic (exact) mass is 401 g/mol. The summed E-state index contributed by atoms with van der Waals surface area (Å²) in [6.45, 7) is 2.48. The lowest BCUT2D eigenvalue weighted by atomic mass is 9.95. The van der Waals surface area contributed by atoms with Crippen molar-refractivity contribution >= 4 is 40.5 Å². The van der Waals surface area contributed by atoms with Crippen LogP contribution in [0.25, 0.3) is 0 Å². The fraction of sp³-hybridized carbons (Fsp3) is 0.130. The van der Waals surface area contributed by atoms with Gasteiger partial charge in [-0.2, -0.15) is 0 Å². The second kappa shape index (κ2) is 7.93. The van der Waals surface area contributed by atoms with Crippen LogP contribution in [0.5, 0.6) is 0 Å². The van der Waals surface area contributed by atoms with Crippen LogP contribution in [-0.4, -0.2) is 22.6 Å². The van der Waals surface area contributed by atoms with Crippen LogP contribution in [0.4, 0.5) is 5.69 Å². The topological polar surface area (TPSA) is 61.8 Å². The van der Waals surface area contributed by atoms with E-state index < -0.39 is 5.92 Å². The molecule has 1 heterocycles. The van der Waals surface area contributed by atoms with Crippen LogP contribution in [0.1, 0.15) is 21.5 Å². The Kier molecular flexibility index (Phi) is 5.18. The molecule has 4 rings (SSSR count). The molecular formula is C23H19N3O2S. The first-order valence-electron chi connectivity index (χ1n) is 9.28. The average molecular weight is 401 g/mol. The molecule has 1 aliphatic heterocycles. The number of hydrogen-bond donors (Lipinski definition) is 1. The predicted octanol–water partition coefficient (Wildman–Crippen LogP) is 3.74. The first kappa shape index (κ1) is 19.0. The third kappa shape index (κ3) is 3.93. The number of anilines is 1. The Bertz CT molecular complexity index is 1070. The summed E-state index contributed by atoms with van der Waals surface area (Å²) in [5.41, 5.74) is 3.98. The van der Waals surface area contributed by atoms with Gasteiger partial charge in [0, 0.05) is 12.1 Å². The predicted molar refractivity (Wildman–Crippen MR) is 118 cm³/mol. The number of thiocarbonyl (C=S) groups is 1. The molecule has 0 saturated carbocycles. The van der Waals surface area contributed by atoms with E-state index in [1.165, 1.54) is 10.5 Å². The lowest BCUT2D eigenvalue weighted by Crippen LogP contribution is -2.46. The van der Waals surface area contributed by atoms with Gasteiger partial charge in [0.25, 0.3) is 5.91 Å². The molecule has 1 aliphatic carbocycles. The second-order valence-electron chi connectivity index (χ2n) is 6.93. The molecule has 144 valence electrons. The number of allylic oxidation sites excluding steroid dienone is 3. The van der Waals surface area contributed by atoms with Crippen molar-refractivity contribution in [2.75, 3.05) is 4.90 Å². The van der Waals surface area contributed by atoms with E-state index in [0.717, 1.165) is 5.56 Å². The molecule has 2 amide bonds. The number of nitrogens with zero attached hydrogens (tertiary/aromatic N) is 2. The van der Waals surface area contributed by atoms with Crippen molar-refractivity contribution < 1.29 is 9.59 Å². The number of carbonyl (C=O) groups is 2. The minimum Gasteiger partial charge on any atom is -0.348 e. The summed E-state index contributed by atoms with van der Waals surface area (Å²) in [4.78, 5) is 31.1. The molecule has 29 heavy (non-hydrogen) atoms. The Morgan fingerprint density at radius 3 is 2.55 bits per heavy atom. The highest BCUT2D eigenvalue weighted by Gasteiger charge is 2.34. The Hall–Kier alpha value is -3.38. The van der Waals surface area contributed by atoms with E-state index in [2.05, 4.69) is 10.3 Å². The smallest absolute Gasteiger partial charge is 0.251 e. The maximum Gasteiger partial charge on any atom is 0.251 e. The van der Waals surface area contributed by atoms with Gasteiger partial charge in [-0.05, 0) is 55.0 Å². The Morgan fingerprint density at radius 1 is 1.10 bits per heavy atom. The molecule has 1 atom stereocenters. The van der Waals surface area contributed by atoms with Crippen molar-refractivity contribution in [3.63, 3.8) is 0 Å². The lowest BCUT2D eigenvalue weighted by molar-refractivity contribution is -0.118. The first-order chi connectivity index (χ1) is 14.0. The molecule has 2 aromatic carbocycles. The van der Waals surface area contributed by atoms with Gasteiger partial charge in [0.15, 0.2) is 0 Å². The number of rotatable bonds is 4. The Labute approximate surface area is 174 Å². The van der Waals surface area contributed by atoms with Gasteiger partial charge < -0.3 is 5.32 Å². The summed E-state index contributed by atoms with van der Waals surface area (Å²) >= 11 is 5.32. The van der Waals surface area contributed by atoms with Crippen LogP contribution in [0.2, 0.25) is 0 Å². The summed E-state index contributed by atoms with van der Waals surface area (Å²) in [6, 6.07) is 14.8. The molecule has 1 unspecified atom stereocenters. The molecule has 1 N–H and O–H groups in total. The van der Waals surface area contributed by atoms with E-state index in [0.29, 0.717) is 23.5 Å². The first-order valence-corrected chi connectivity index (χ1v) is 9.69. The SMILES string of the molecule is Cc1ccc(CNC(=O)c2ccc(N3C(=O)C4C=CC=CC4=NC3=S)cc2)cc1. The average Bonchev–Trinajstić information content (AvgIpc) is 2.73. The van der Waals surface area contributed by atoms with Crippen LogP contribution in [0.15, 0.2) is 77.8 Å². The quantitative estimate of drug-likeness (QED) is 0.794. The number of aliphatic imine (C=N–C) groups is 1. The highest BCUT2D eigenvalue weighted by atomic mass is 32.1. The Balaban J connectivity index is 1.47. The molecule has 0 bridgehead atoms. The van der Waals surface area contributed by atoms with Crippen LogP contribution >= 0.6 is 12.2 Å². The third-order valence-electron chi connectivity index (χ3n) is 4.86.